The molecular formula is C21H21F3N2S. The second kappa shape index (κ2) is 7.60. The summed E-state index contributed by atoms with van der Waals surface area (Å²) in [7, 11) is 0. The molecular weight excluding hydrogens is 369 g/mol. The molecule has 0 radical (unpaired) electrons. The smallest absolute Gasteiger partial charge is 0.133 e. The lowest BCUT2D eigenvalue weighted by molar-refractivity contribution is 0.237. The average molecular weight is 390 g/mol. The molecule has 4 rings (SSSR count). The van der Waals surface area contributed by atoms with E-state index < -0.39 is 17.5 Å². The predicted molar refractivity (Wildman–Crippen MR) is 104 cm³/mol. The minimum absolute atomic E-state index is 0.0492. The van der Waals surface area contributed by atoms with Gasteiger partial charge in [-0.15, -0.1) is 11.8 Å². The van der Waals surface area contributed by atoms with Gasteiger partial charge in [-0.3, -0.25) is 4.90 Å². The zero-order valence-corrected chi connectivity index (χ0v) is 15.9. The molecule has 0 unspecified atom stereocenters. The lowest BCUT2D eigenvalue weighted by Gasteiger charge is -2.25. The van der Waals surface area contributed by atoms with Crippen molar-refractivity contribution in [3.63, 3.8) is 0 Å². The number of halogens is 3. The van der Waals surface area contributed by atoms with Crippen LogP contribution in [0.25, 0.3) is 10.9 Å². The summed E-state index contributed by atoms with van der Waals surface area (Å²) in [5, 5.41) is 1.20. The van der Waals surface area contributed by atoms with Crippen molar-refractivity contribution < 1.29 is 13.2 Å². The van der Waals surface area contributed by atoms with E-state index in [4.69, 9.17) is 0 Å². The fraction of sp³-hybridized carbons (Fsp3) is 0.333. The van der Waals surface area contributed by atoms with Crippen LogP contribution in [-0.2, 0) is 13.0 Å². The molecule has 142 valence electrons. The zero-order valence-electron chi connectivity index (χ0n) is 15.1. The van der Waals surface area contributed by atoms with E-state index in [0.717, 1.165) is 43.5 Å². The molecule has 1 aliphatic rings. The molecule has 6 heteroatoms. The zero-order chi connectivity index (χ0) is 19.0. The van der Waals surface area contributed by atoms with Crippen molar-refractivity contribution in [1.82, 2.24) is 9.88 Å². The Morgan fingerprint density at radius 3 is 2.67 bits per heavy atom. The van der Waals surface area contributed by atoms with Crippen LogP contribution >= 0.6 is 11.8 Å². The summed E-state index contributed by atoms with van der Waals surface area (Å²) < 4.78 is 41.3. The monoisotopic (exact) mass is 390 g/mol. The second-order valence-electron chi connectivity index (χ2n) is 7.04. The second-order valence-corrected chi connectivity index (χ2v) is 7.92. The number of benzene rings is 2. The molecule has 1 atom stereocenters. The summed E-state index contributed by atoms with van der Waals surface area (Å²) >= 11 is 1.71. The predicted octanol–water partition coefficient (Wildman–Crippen LogP) is 5.51. The van der Waals surface area contributed by atoms with Crippen molar-refractivity contribution in [3.8, 4) is 0 Å². The average Bonchev–Trinajstić information content (AvgIpc) is 3.25. The van der Waals surface area contributed by atoms with Crippen LogP contribution < -0.4 is 0 Å². The Morgan fingerprint density at radius 2 is 1.93 bits per heavy atom. The quantitative estimate of drug-likeness (QED) is 0.579. The summed E-state index contributed by atoms with van der Waals surface area (Å²) in [6, 6.07) is 8.09. The minimum atomic E-state index is -0.880. The van der Waals surface area contributed by atoms with E-state index in [2.05, 4.69) is 34.3 Å². The molecule has 2 aromatic carbocycles. The molecule has 0 spiro atoms. The summed E-state index contributed by atoms with van der Waals surface area (Å²) in [4.78, 5) is 6.63. The number of likely N-dealkylation sites (tertiary alicyclic amines) is 1. The molecule has 0 saturated carbocycles. The van der Waals surface area contributed by atoms with Gasteiger partial charge in [-0.1, -0.05) is 0 Å². The van der Waals surface area contributed by atoms with Crippen LogP contribution in [-0.4, -0.2) is 28.7 Å². The number of rotatable bonds is 5. The molecule has 0 bridgehead atoms. The standard InChI is InChI=1S/C21H21F3N2S/c1-27-16-4-5-21-17(10-16)13(11-25-21)7-15-3-2-6-26(15)12-18-19(23)8-14(22)9-20(18)24/h4-5,8-11,15,25H,2-3,6-7,12H2,1H3/t15-/m1/s1. The Morgan fingerprint density at radius 1 is 1.15 bits per heavy atom. The van der Waals surface area contributed by atoms with Gasteiger partial charge in [-0.05, 0) is 55.8 Å². The van der Waals surface area contributed by atoms with Gasteiger partial charge >= 0.3 is 0 Å². The van der Waals surface area contributed by atoms with Gasteiger partial charge in [0.15, 0.2) is 0 Å². The Balaban J connectivity index is 1.56. The number of fused-ring (bicyclic) bond motifs is 1. The third-order valence-corrected chi connectivity index (χ3v) is 6.12. The molecule has 27 heavy (non-hydrogen) atoms. The molecule has 0 aliphatic carbocycles. The third kappa shape index (κ3) is 3.73. The van der Waals surface area contributed by atoms with Crippen LogP contribution in [0, 0.1) is 17.5 Å². The van der Waals surface area contributed by atoms with Gasteiger partial charge in [0.1, 0.15) is 17.5 Å². The normalized spacial score (nSPS) is 17.9. The van der Waals surface area contributed by atoms with Crippen LogP contribution in [0.1, 0.15) is 24.0 Å². The molecule has 1 aromatic heterocycles. The van der Waals surface area contributed by atoms with E-state index in [-0.39, 0.29) is 18.2 Å². The Hall–Kier alpha value is -1.92. The summed E-state index contributed by atoms with van der Waals surface area (Å²) in [5.41, 5.74) is 2.27. The highest BCUT2D eigenvalue weighted by Crippen LogP contribution is 2.30. The van der Waals surface area contributed by atoms with Gasteiger partial charge in [-0.2, -0.15) is 0 Å². The summed E-state index contributed by atoms with van der Waals surface area (Å²) in [6.07, 6.45) is 6.89. The fourth-order valence-electron chi connectivity index (χ4n) is 3.97. The van der Waals surface area contributed by atoms with Gasteiger partial charge in [0, 0.05) is 52.3 Å². The number of thioether (sulfide) groups is 1. The summed E-state index contributed by atoms with van der Waals surface area (Å²) in [6.45, 7) is 0.959. The number of aromatic amines is 1. The highest BCUT2D eigenvalue weighted by atomic mass is 32.2. The first-order valence-corrected chi connectivity index (χ1v) is 10.3. The summed E-state index contributed by atoms with van der Waals surface area (Å²) in [5.74, 6) is -2.50. The van der Waals surface area contributed by atoms with Crippen molar-refractivity contribution in [1.29, 1.82) is 0 Å². The number of nitrogens with zero attached hydrogens (tertiary/aromatic N) is 1. The van der Waals surface area contributed by atoms with Gasteiger partial charge in [-0.25, -0.2) is 13.2 Å². The molecule has 1 saturated heterocycles. The van der Waals surface area contributed by atoms with Crippen molar-refractivity contribution in [2.75, 3.05) is 12.8 Å². The molecule has 1 N–H and O–H groups in total. The van der Waals surface area contributed by atoms with Crippen LogP contribution in [0.15, 0.2) is 41.4 Å². The molecule has 2 nitrogen and oxygen atoms in total. The van der Waals surface area contributed by atoms with Gasteiger partial charge in [0.05, 0.1) is 0 Å². The number of aromatic nitrogens is 1. The highest BCUT2D eigenvalue weighted by molar-refractivity contribution is 7.98. The highest BCUT2D eigenvalue weighted by Gasteiger charge is 2.27. The SMILES string of the molecule is CSc1ccc2[nH]cc(C[C@H]3CCCN3Cc3c(F)cc(F)cc3F)c2c1. The molecule has 0 amide bonds. The van der Waals surface area contributed by atoms with E-state index >= 15 is 0 Å². The number of nitrogens with one attached hydrogen (secondary N) is 1. The first-order valence-electron chi connectivity index (χ1n) is 9.06. The van der Waals surface area contributed by atoms with Crippen molar-refractivity contribution in [3.05, 3.63) is 65.1 Å². The van der Waals surface area contributed by atoms with E-state index in [1.165, 1.54) is 15.8 Å². The topological polar surface area (TPSA) is 19.0 Å². The van der Waals surface area contributed by atoms with Crippen LogP contribution in [0.4, 0.5) is 13.2 Å². The number of H-pyrrole nitrogens is 1. The first kappa shape index (κ1) is 18.4. The van der Waals surface area contributed by atoms with Crippen molar-refractivity contribution in [2.24, 2.45) is 0 Å². The number of hydrogen-bond donors (Lipinski definition) is 1. The Labute approximate surface area is 160 Å². The molecule has 1 aliphatic heterocycles. The molecule has 3 aromatic rings. The first-order chi connectivity index (χ1) is 13.0. The molecule has 2 heterocycles. The lowest BCUT2D eigenvalue weighted by atomic mass is 10.0. The third-order valence-electron chi connectivity index (χ3n) is 5.40. The maximum Gasteiger partial charge on any atom is 0.133 e. The van der Waals surface area contributed by atoms with E-state index in [1.807, 2.05) is 6.20 Å². The maximum atomic E-state index is 14.0. The van der Waals surface area contributed by atoms with Crippen molar-refractivity contribution >= 4 is 22.7 Å². The Kier molecular flexibility index (Phi) is 5.19. The van der Waals surface area contributed by atoms with Crippen LogP contribution in [0.2, 0.25) is 0 Å². The number of hydrogen-bond acceptors (Lipinski definition) is 2. The van der Waals surface area contributed by atoms with E-state index in [9.17, 15) is 13.2 Å². The van der Waals surface area contributed by atoms with Gasteiger partial charge in [0.25, 0.3) is 0 Å². The lowest BCUT2D eigenvalue weighted by Crippen LogP contribution is -2.31. The van der Waals surface area contributed by atoms with Crippen LogP contribution in [0.5, 0.6) is 0 Å². The van der Waals surface area contributed by atoms with Crippen molar-refractivity contribution in [2.45, 2.75) is 36.7 Å². The van der Waals surface area contributed by atoms with Crippen LogP contribution in [0.3, 0.4) is 0 Å². The van der Waals surface area contributed by atoms with Gasteiger partial charge < -0.3 is 4.98 Å². The van der Waals surface area contributed by atoms with E-state index in [1.54, 1.807) is 11.8 Å². The fourth-order valence-corrected chi connectivity index (χ4v) is 4.41. The Bertz CT molecular complexity index is 946. The maximum absolute atomic E-state index is 14.0. The van der Waals surface area contributed by atoms with Gasteiger partial charge in [0.2, 0.25) is 0 Å². The largest absolute Gasteiger partial charge is 0.361 e. The minimum Gasteiger partial charge on any atom is -0.361 e. The molecule has 1 fully saturated rings. The van der Waals surface area contributed by atoms with E-state index in [0.29, 0.717) is 0 Å².